The molecule has 1 fully saturated rings. The van der Waals surface area contributed by atoms with Crippen molar-refractivity contribution >= 4 is 15.9 Å². The number of halogens is 1. The number of sulfonamides is 1. The molecular weight excluding hydrogens is 343 g/mol. The first kappa shape index (κ1) is 19.8. The molecule has 0 N–H and O–H groups in total. The van der Waals surface area contributed by atoms with E-state index in [0.29, 0.717) is 32.5 Å². The fraction of sp³-hybridized carbons (Fsp3) is 0.611. The molecule has 0 spiro atoms. The Bertz CT molecular complexity index is 676. The Morgan fingerprint density at radius 3 is 2.56 bits per heavy atom. The van der Waals surface area contributed by atoms with Crippen LogP contribution in [0.1, 0.15) is 39.5 Å². The van der Waals surface area contributed by atoms with Crippen LogP contribution < -0.4 is 0 Å². The predicted molar refractivity (Wildman–Crippen MR) is 95.0 cm³/mol. The molecule has 0 radical (unpaired) electrons. The molecule has 1 atom stereocenters. The van der Waals surface area contributed by atoms with Gasteiger partial charge >= 0.3 is 0 Å². The molecule has 0 aromatic heterocycles. The second-order valence-electron chi connectivity index (χ2n) is 6.43. The summed E-state index contributed by atoms with van der Waals surface area (Å²) >= 11 is 0. The van der Waals surface area contributed by atoms with Crippen molar-refractivity contribution in [2.45, 2.75) is 44.4 Å². The van der Waals surface area contributed by atoms with Gasteiger partial charge in [-0.2, -0.15) is 4.31 Å². The minimum Gasteiger partial charge on any atom is -0.343 e. The van der Waals surface area contributed by atoms with Gasteiger partial charge in [0.1, 0.15) is 5.82 Å². The van der Waals surface area contributed by atoms with E-state index in [9.17, 15) is 17.6 Å². The fourth-order valence-corrected chi connectivity index (χ4v) is 4.67. The molecule has 1 heterocycles. The maximum absolute atomic E-state index is 13.1. The van der Waals surface area contributed by atoms with E-state index < -0.39 is 15.8 Å². The molecule has 25 heavy (non-hydrogen) atoms. The van der Waals surface area contributed by atoms with E-state index in [1.165, 1.54) is 16.4 Å². The lowest BCUT2D eigenvalue weighted by atomic mass is 9.98. The van der Waals surface area contributed by atoms with Crippen LogP contribution in [0.5, 0.6) is 0 Å². The molecule has 1 unspecified atom stereocenters. The zero-order valence-corrected chi connectivity index (χ0v) is 15.8. The van der Waals surface area contributed by atoms with Gasteiger partial charge in [0.15, 0.2) is 0 Å². The highest BCUT2D eigenvalue weighted by Gasteiger charge is 2.34. The molecule has 5 nitrogen and oxygen atoms in total. The normalized spacial score (nSPS) is 18.9. The Kier molecular flexibility index (Phi) is 6.95. The lowest BCUT2D eigenvalue weighted by Gasteiger charge is -2.34. The minimum atomic E-state index is -3.70. The Morgan fingerprint density at radius 1 is 1.28 bits per heavy atom. The van der Waals surface area contributed by atoms with Gasteiger partial charge in [-0.3, -0.25) is 4.79 Å². The smallest absolute Gasteiger partial charge is 0.243 e. The van der Waals surface area contributed by atoms with Gasteiger partial charge in [-0.15, -0.1) is 0 Å². The summed E-state index contributed by atoms with van der Waals surface area (Å²) in [5, 5.41) is 0. The summed E-state index contributed by atoms with van der Waals surface area (Å²) in [4.78, 5) is 14.6. The van der Waals surface area contributed by atoms with E-state index in [0.717, 1.165) is 25.0 Å². The first-order chi connectivity index (χ1) is 11.9. The molecule has 1 aromatic carbocycles. The average Bonchev–Trinajstić information content (AvgIpc) is 2.62. The van der Waals surface area contributed by atoms with Gasteiger partial charge in [0.05, 0.1) is 10.8 Å². The summed E-state index contributed by atoms with van der Waals surface area (Å²) in [5.74, 6) is -0.740. The van der Waals surface area contributed by atoms with Crippen molar-refractivity contribution in [1.82, 2.24) is 9.21 Å². The zero-order valence-electron chi connectivity index (χ0n) is 14.9. The second-order valence-corrected chi connectivity index (χ2v) is 8.37. The number of hydrogen-bond acceptors (Lipinski definition) is 3. The number of carbonyl (C=O) groups is 1. The Balaban J connectivity index is 2.11. The summed E-state index contributed by atoms with van der Waals surface area (Å²) in [5.41, 5.74) is 0. The number of benzene rings is 1. The minimum absolute atomic E-state index is 0.0370. The van der Waals surface area contributed by atoms with Crippen molar-refractivity contribution < 1.29 is 17.6 Å². The van der Waals surface area contributed by atoms with Crippen molar-refractivity contribution in [1.29, 1.82) is 0 Å². The van der Waals surface area contributed by atoms with E-state index in [-0.39, 0.29) is 23.3 Å². The van der Waals surface area contributed by atoms with Crippen LogP contribution in [0.25, 0.3) is 0 Å². The lowest BCUT2D eigenvalue weighted by molar-refractivity contribution is -0.136. The molecule has 1 aliphatic heterocycles. The summed E-state index contributed by atoms with van der Waals surface area (Å²) in [6.07, 6.45) is 3.32. The first-order valence-electron chi connectivity index (χ1n) is 8.94. The van der Waals surface area contributed by atoms with E-state index in [2.05, 4.69) is 6.92 Å². The molecule has 0 aliphatic carbocycles. The van der Waals surface area contributed by atoms with Gasteiger partial charge in [0, 0.05) is 26.2 Å². The highest BCUT2D eigenvalue weighted by molar-refractivity contribution is 7.89. The Morgan fingerprint density at radius 2 is 1.96 bits per heavy atom. The molecule has 0 saturated carbocycles. The van der Waals surface area contributed by atoms with E-state index in [1.54, 1.807) is 0 Å². The van der Waals surface area contributed by atoms with E-state index >= 15 is 0 Å². The van der Waals surface area contributed by atoms with Crippen molar-refractivity contribution in [2.24, 2.45) is 5.92 Å². The van der Waals surface area contributed by atoms with Crippen LogP contribution in [0.15, 0.2) is 29.2 Å². The number of unbranched alkanes of at least 4 members (excludes halogenated alkanes) is 1. The van der Waals surface area contributed by atoms with Gasteiger partial charge < -0.3 is 4.90 Å². The van der Waals surface area contributed by atoms with E-state index in [1.807, 2.05) is 11.8 Å². The standard InChI is InChI=1S/C18H27FN2O3S/c1-3-5-12-20(4-2)18(22)15-7-6-13-21(14-15)25(23,24)17-10-8-16(19)9-11-17/h8-11,15H,3-7,12-14H2,1-2H3. The third-order valence-electron chi connectivity index (χ3n) is 4.66. The summed E-state index contributed by atoms with van der Waals surface area (Å²) in [7, 11) is -3.70. The highest BCUT2D eigenvalue weighted by Crippen LogP contribution is 2.25. The lowest BCUT2D eigenvalue weighted by Crippen LogP contribution is -2.46. The number of hydrogen-bond donors (Lipinski definition) is 0. The quantitative estimate of drug-likeness (QED) is 0.742. The van der Waals surface area contributed by atoms with Crippen LogP contribution >= 0.6 is 0 Å². The number of carbonyl (C=O) groups excluding carboxylic acids is 1. The van der Waals surface area contributed by atoms with Gasteiger partial charge in [-0.25, -0.2) is 12.8 Å². The van der Waals surface area contributed by atoms with Crippen molar-refractivity contribution in [3.8, 4) is 0 Å². The topological polar surface area (TPSA) is 57.7 Å². The zero-order chi connectivity index (χ0) is 18.4. The van der Waals surface area contributed by atoms with Crippen LogP contribution in [0.3, 0.4) is 0 Å². The molecule has 0 bridgehead atoms. The largest absolute Gasteiger partial charge is 0.343 e. The second kappa shape index (κ2) is 8.76. The highest BCUT2D eigenvalue weighted by atomic mass is 32.2. The molecule has 1 aromatic rings. The van der Waals surface area contributed by atoms with Gasteiger partial charge in [-0.1, -0.05) is 13.3 Å². The van der Waals surface area contributed by atoms with Crippen LogP contribution in [-0.2, 0) is 14.8 Å². The summed E-state index contributed by atoms with van der Waals surface area (Å²) in [6, 6.07) is 4.83. The number of nitrogens with zero attached hydrogens (tertiary/aromatic N) is 2. The number of rotatable bonds is 7. The van der Waals surface area contributed by atoms with Crippen LogP contribution in [0.2, 0.25) is 0 Å². The van der Waals surface area contributed by atoms with Crippen LogP contribution in [-0.4, -0.2) is 49.7 Å². The summed E-state index contributed by atoms with van der Waals surface area (Å²) < 4.78 is 39.9. The van der Waals surface area contributed by atoms with Crippen molar-refractivity contribution in [3.63, 3.8) is 0 Å². The third kappa shape index (κ3) is 4.79. The Labute approximate surface area is 149 Å². The predicted octanol–water partition coefficient (Wildman–Crippen LogP) is 2.88. The number of amides is 1. The third-order valence-corrected chi connectivity index (χ3v) is 6.54. The molecule has 1 saturated heterocycles. The van der Waals surface area contributed by atoms with Crippen molar-refractivity contribution in [2.75, 3.05) is 26.2 Å². The number of piperidine rings is 1. The first-order valence-corrected chi connectivity index (χ1v) is 10.4. The van der Waals surface area contributed by atoms with E-state index in [4.69, 9.17) is 0 Å². The molecule has 140 valence electrons. The van der Waals surface area contributed by atoms with Gasteiger partial charge in [0.25, 0.3) is 0 Å². The molecule has 2 rings (SSSR count). The monoisotopic (exact) mass is 370 g/mol. The molecule has 1 aliphatic rings. The van der Waals surface area contributed by atoms with Gasteiger partial charge in [-0.05, 0) is 50.5 Å². The molecule has 7 heteroatoms. The SMILES string of the molecule is CCCCN(CC)C(=O)C1CCCN(S(=O)(=O)c2ccc(F)cc2)C1. The van der Waals surface area contributed by atoms with Gasteiger partial charge in [0.2, 0.25) is 15.9 Å². The average molecular weight is 370 g/mol. The molecule has 1 amide bonds. The van der Waals surface area contributed by atoms with Crippen molar-refractivity contribution in [3.05, 3.63) is 30.1 Å². The van der Waals surface area contributed by atoms with Crippen LogP contribution in [0.4, 0.5) is 4.39 Å². The Hall–Kier alpha value is -1.47. The maximum Gasteiger partial charge on any atom is 0.243 e. The van der Waals surface area contributed by atoms with Crippen LogP contribution in [0, 0.1) is 11.7 Å². The molecular formula is C18H27FN2O3S. The summed E-state index contributed by atoms with van der Waals surface area (Å²) in [6.45, 7) is 5.97. The fourth-order valence-electron chi connectivity index (χ4n) is 3.15. The maximum atomic E-state index is 13.1.